The van der Waals surface area contributed by atoms with E-state index in [2.05, 4.69) is 167 Å². The quantitative estimate of drug-likeness (QED) is 0.0261. The molecule has 1 unspecified atom stereocenters. The van der Waals surface area contributed by atoms with Crippen LogP contribution in [0.15, 0.2) is 146 Å². The fourth-order valence-corrected chi connectivity index (χ4v) is 7.47. The maximum absolute atomic E-state index is 12.9. The molecule has 0 spiro atoms. The van der Waals surface area contributed by atoms with Gasteiger partial charge in [0.1, 0.15) is 13.2 Å². The predicted molar refractivity (Wildman–Crippen MR) is 315 cm³/mol. The second-order valence-electron chi connectivity index (χ2n) is 18.8. The van der Waals surface area contributed by atoms with E-state index in [1.807, 2.05) is 0 Å². The van der Waals surface area contributed by atoms with E-state index in [0.717, 1.165) is 154 Å². The van der Waals surface area contributed by atoms with E-state index in [0.29, 0.717) is 19.3 Å². The molecule has 0 aromatic heterocycles. The molecule has 0 aromatic rings. The van der Waals surface area contributed by atoms with Gasteiger partial charge in [-0.05, 0) is 141 Å². The van der Waals surface area contributed by atoms with E-state index < -0.39 is 6.10 Å². The van der Waals surface area contributed by atoms with Gasteiger partial charge in [-0.3, -0.25) is 14.4 Å². The Balaban J connectivity index is 4.53. The molecule has 410 valence electrons. The third kappa shape index (κ3) is 58.1. The minimum absolute atomic E-state index is 0.110. The number of carbonyl (C=O) groups is 3. The van der Waals surface area contributed by atoms with Crippen molar-refractivity contribution in [3.8, 4) is 0 Å². The molecule has 0 aliphatic carbocycles. The van der Waals surface area contributed by atoms with Gasteiger partial charge in [-0.25, -0.2) is 0 Å². The molecular formula is C67H106O6. The smallest absolute Gasteiger partial charge is 0.306 e. The van der Waals surface area contributed by atoms with Crippen LogP contribution in [0.25, 0.3) is 0 Å². The average Bonchev–Trinajstić information content (AvgIpc) is 3.39. The number of esters is 3. The summed E-state index contributed by atoms with van der Waals surface area (Å²) in [5.74, 6) is -0.988. The fourth-order valence-electron chi connectivity index (χ4n) is 7.47. The van der Waals surface area contributed by atoms with Crippen molar-refractivity contribution < 1.29 is 28.6 Å². The Morgan fingerprint density at radius 1 is 0.288 bits per heavy atom. The molecule has 0 fully saturated rings. The monoisotopic (exact) mass is 1010 g/mol. The first-order chi connectivity index (χ1) is 36.0. The zero-order valence-electron chi connectivity index (χ0n) is 46.8. The lowest BCUT2D eigenvalue weighted by Gasteiger charge is -2.18. The maximum atomic E-state index is 12.9. The van der Waals surface area contributed by atoms with Crippen molar-refractivity contribution in [2.75, 3.05) is 13.2 Å². The highest BCUT2D eigenvalue weighted by Crippen LogP contribution is 2.13. The molecule has 0 aromatic carbocycles. The highest BCUT2D eigenvalue weighted by atomic mass is 16.6. The van der Waals surface area contributed by atoms with Crippen LogP contribution >= 0.6 is 0 Å². The van der Waals surface area contributed by atoms with Gasteiger partial charge in [0.25, 0.3) is 0 Å². The Labute approximate surface area is 448 Å². The van der Waals surface area contributed by atoms with Gasteiger partial charge in [0.05, 0.1) is 0 Å². The number of allylic oxidation sites excluding steroid dienone is 24. The Hall–Kier alpha value is -4.71. The van der Waals surface area contributed by atoms with Gasteiger partial charge in [-0.1, -0.05) is 224 Å². The van der Waals surface area contributed by atoms with E-state index in [1.54, 1.807) is 0 Å². The standard InChI is InChI=1S/C67H106O6/c1-4-7-10-13-16-19-22-25-27-29-31-33-35-37-39-42-45-48-51-54-57-60-66(69)72-63-64(62-71-65(68)59-56-53-50-47-44-41-24-21-18-15-12-9-6-3)73-67(70)61-58-55-52-49-46-43-40-38-36-34-32-30-28-26-23-20-17-14-11-8-5-2/h7-8,10-11,16-17,19-21,24-28,31-34,37-40,45,48,64H,4-6,9,12-15,18,22-23,29-30,35-36,41-44,46-47,49-63H2,1-3H3/b10-7-,11-8-,19-16-,20-17-,24-21-,27-25-,28-26-,33-31-,34-32-,39-37-,40-38-,48-45-. The molecular weight excluding hydrogens is 901 g/mol. The fraction of sp³-hybridized carbons (Fsp3) is 0.597. The number of unbranched alkanes of at least 4 members (excludes halogenated alkanes) is 16. The highest BCUT2D eigenvalue weighted by molar-refractivity contribution is 5.71. The van der Waals surface area contributed by atoms with Crippen molar-refractivity contribution in [1.82, 2.24) is 0 Å². The molecule has 0 bridgehead atoms. The summed E-state index contributed by atoms with van der Waals surface area (Å²) in [7, 11) is 0. The van der Waals surface area contributed by atoms with Crippen molar-refractivity contribution in [2.24, 2.45) is 0 Å². The molecule has 0 saturated heterocycles. The van der Waals surface area contributed by atoms with Gasteiger partial charge in [0, 0.05) is 19.3 Å². The summed E-state index contributed by atoms with van der Waals surface area (Å²) in [6.07, 6.45) is 85.5. The third-order valence-corrected chi connectivity index (χ3v) is 11.8. The molecule has 0 aliphatic rings. The van der Waals surface area contributed by atoms with Gasteiger partial charge in [0.2, 0.25) is 0 Å². The van der Waals surface area contributed by atoms with Crippen LogP contribution in [0.1, 0.15) is 239 Å². The lowest BCUT2D eigenvalue weighted by molar-refractivity contribution is -0.167. The molecule has 0 aliphatic heterocycles. The first-order valence-electron chi connectivity index (χ1n) is 29.3. The van der Waals surface area contributed by atoms with Crippen LogP contribution < -0.4 is 0 Å². The second kappa shape index (κ2) is 59.8. The molecule has 0 radical (unpaired) electrons. The van der Waals surface area contributed by atoms with Gasteiger partial charge < -0.3 is 14.2 Å². The topological polar surface area (TPSA) is 78.9 Å². The highest BCUT2D eigenvalue weighted by Gasteiger charge is 2.19. The Bertz CT molecular complexity index is 1630. The van der Waals surface area contributed by atoms with Crippen LogP contribution in [0.5, 0.6) is 0 Å². The number of carbonyl (C=O) groups excluding carboxylic acids is 3. The second-order valence-corrected chi connectivity index (χ2v) is 18.8. The van der Waals surface area contributed by atoms with Gasteiger partial charge in [-0.15, -0.1) is 0 Å². The summed E-state index contributed by atoms with van der Waals surface area (Å²) in [6.45, 7) is 6.33. The third-order valence-electron chi connectivity index (χ3n) is 11.8. The molecule has 0 rings (SSSR count). The molecule has 1 atom stereocenters. The van der Waals surface area contributed by atoms with Crippen LogP contribution in [0, 0.1) is 0 Å². The molecule has 6 nitrogen and oxygen atoms in total. The maximum Gasteiger partial charge on any atom is 0.306 e. The zero-order chi connectivity index (χ0) is 52.9. The molecule has 0 saturated carbocycles. The number of rotatable bonds is 51. The Kier molecular flexibility index (Phi) is 56.0. The largest absolute Gasteiger partial charge is 0.462 e. The Morgan fingerprint density at radius 3 is 0.877 bits per heavy atom. The molecule has 73 heavy (non-hydrogen) atoms. The number of hydrogen-bond donors (Lipinski definition) is 0. The van der Waals surface area contributed by atoms with E-state index in [-0.39, 0.29) is 37.5 Å². The van der Waals surface area contributed by atoms with E-state index >= 15 is 0 Å². The van der Waals surface area contributed by atoms with Crippen LogP contribution in [-0.4, -0.2) is 37.2 Å². The Morgan fingerprint density at radius 2 is 0.534 bits per heavy atom. The molecule has 6 heteroatoms. The molecule has 0 amide bonds. The van der Waals surface area contributed by atoms with Crippen molar-refractivity contribution in [3.05, 3.63) is 146 Å². The van der Waals surface area contributed by atoms with Crippen molar-refractivity contribution in [3.63, 3.8) is 0 Å². The SMILES string of the molecule is CC/C=C\C/C=C\C/C=C\C/C=C\C/C=C\C/C=C\CCCCC(=O)OCC(COC(=O)CCCCCCC/C=C\CCCCCC)OC(=O)CCCCCCC/C=C\C/C=C\C/C=C\C/C=C\C/C=C\CC. The van der Waals surface area contributed by atoms with Crippen molar-refractivity contribution >= 4 is 17.9 Å². The van der Waals surface area contributed by atoms with Crippen molar-refractivity contribution in [2.45, 2.75) is 245 Å². The lowest BCUT2D eigenvalue weighted by Crippen LogP contribution is -2.30. The predicted octanol–water partition coefficient (Wildman–Crippen LogP) is 20.0. The summed E-state index contributed by atoms with van der Waals surface area (Å²) in [5.41, 5.74) is 0. The normalized spacial score (nSPS) is 13.2. The van der Waals surface area contributed by atoms with E-state index in [9.17, 15) is 14.4 Å². The first kappa shape index (κ1) is 68.3. The van der Waals surface area contributed by atoms with Crippen LogP contribution in [-0.2, 0) is 28.6 Å². The summed E-state index contributed by atoms with van der Waals surface area (Å²) in [6, 6.07) is 0. The van der Waals surface area contributed by atoms with Gasteiger partial charge in [-0.2, -0.15) is 0 Å². The molecule has 0 N–H and O–H groups in total. The van der Waals surface area contributed by atoms with E-state index in [1.165, 1.54) is 38.5 Å². The van der Waals surface area contributed by atoms with Crippen LogP contribution in [0.3, 0.4) is 0 Å². The van der Waals surface area contributed by atoms with Gasteiger partial charge >= 0.3 is 17.9 Å². The number of ether oxygens (including phenoxy) is 3. The summed E-state index contributed by atoms with van der Waals surface area (Å²) in [4.78, 5) is 38.2. The lowest BCUT2D eigenvalue weighted by atomic mass is 10.1. The summed E-state index contributed by atoms with van der Waals surface area (Å²) >= 11 is 0. The minimum atomic E-state index is -0.817. The summed E-state index contributed by atoms with van der Waals surface area (Å²) < 4.78 is 16.8. The van der Waals surface area contributed by atoms with Crippen LogP contribution in [0.2, 0.25) is 0 Å². The molecule has 0 heterocycles. The van der Waals surface area contributed by atoms with Crippen molar-refractivity contribution in [1.29, 1.82) is 0 Å². The first-order valence-corrected chi connectivity index (χ1v) is 29.3. The van der Waals surface area contributed by atoms with E-state index in [4.69, 9.17) is 14.2 Å². The zero-order valence-corrected chi connectivity index (χ0v) is 46.8. The van der Waals surface area contributed by atoms with Crippen LogP contribution in [0.4, 0.5) is 0 Å². The summed E-state index contributed by atoms with van der Waals surface area (Å²) in [5, 5.41) is 0. The average molecular weight is 1010 g/mol. The minimum Gasteiger partial charge on any atom is -0.462 e. The van der Waals surface area contributed by atoms with Gasteiger partial charge in [0.15, 0.2) is 6.10 Å². The number of hydrogen-bond acceptors (Lipinski definition) is 6.